The smallest absolute Gasteiger partial charge is 0.248 e. The van der Waals surface area contributed by atoms with Crippen molar-refractivity contribution in [2.24, 2.45) is 0 Å². The van der Waals surface area contributed by atoms with Crippen LogP contribution >= 0.6 is 0 Å². The first kappa shape index (κ1) is 22.6. The van der Waals surface area contributed by atoms with Crippen molar-refractivity contribution < 1.29 is 22.3 Å². The van der Waals surface area contributed by atoms with E-state index in [1.807, 2.05) is 0 Å². The van der Waals surface area contributed by atoms with Crippen LogP contribution in [0.1, 0.15) is 26.3 Å². The summed E-state index contributed by atoms with van der Waals surface area (Å²) in [4.78, 5) is 12.2. The molecule has 2 rings (SSSR count). The fourth-order valence-corrected chi connectivity index (χ4v) is 4.34. The molecule has 0 aliphatic rings. The fraction of sp³-hybridized carbons (Fsp3) is 0.286. The highest BCUT2D eigenvalue weighted by molar-refractivity contribution is 7.89. The van der Waals surface area contributed by atoms with Crippen molar-refractivity contribution in [3.63, 3.8) is 0 Å². The van der Waals surface area contributed by atoms with Crippen LogP contribution in [0.3, 0.4) is 0 Å². The number of rotatable bonds is 9. The van der Waals surface area contributed by atoms with E-state index in [0.29, 0.717) is 25.4 Å². The molecule has 6 nitrogen and oxygen atoms in total. The molecule has 0 aliphatic heterocycles. The van der Waals surface area contributed by atoms with Gasteiger partial charge in [0.25, 0.3) is 0 Å². The van der Waals surface area contributed by atoms with E-state index in [-0.39, 0.29) is 16.2 Å². The minimum atomic E-state index is -3.78. The van der Waals surface area contributed by atoms with Crippen LogP contribution in [0.5, 0.6) is 5.75 Å². The van der Waals surface area contributed by atoms with Gasteiger partial charge in [0, 0.05) is 30.4 Å². The Morgan fingerprint density at radius 3 is 2.45 bits per heavy atom. The van der Waals surface area contributed by atoms with Crippen LogP contribution in [0, 0.1) is 5.82 Å². The van der Waals surface area contributed by atoms with Gasteiger partial charge in [-0.1, -0.05) is 32.0 Å². The van der Waals surface area contributed by atoms with Gasteiger partial charge in [0.15, 0.2) is 0 Å². The van der Waals surface area contributed by atoms with E-state index in [4.69, 9.17) is 4.74 Å². The summed E-state index contributed by atoms with van der Waals surface area (Å²) in [5.74, 6) is -0.729. The number of nitrogens with one attached hydrogen (secondary N) is 1. The van der Waals surface area contributed by atoms with Crippen LogP contribution in [0.15, 0.2) is 53.4 Å². The average molecular weight is 421 g/mol. The molecule has 0 bridgehead atoms. The maximum Gasteiger partial charge on any atom is 0.248 e. The first-order valence-electron chi connectivity index (χ1n) is 9.34. The lowest BCUT2D eigenvalue weighted by atomic mass is 10.2. The predicted octanol–water partition coefficient (Wildman–Crippen LogP) is 3.91. The molecule has 29 heavy (non-hydrogen) atoms. The van der Waals surface area contributed by atoms with Crippen molar-refractivity contribution in [3.05, 3.63) is 59.9 Å². The van der Waals surface area contributed by atoms with E-state index >= 15 is 0 Å². The van der Waals surface area contributed by atoms with Gasteiger partial charge >= 0.3 is 0 Å². The molecular weight excluding hydrogens is 395 g/mol. The molecule has 1 amide bonds. The first-order valence-corrected chi connectivity index (χ1v) is 10.8. The highest BCUT2D eigenvalue weighted by atomic mass is 32.2. The molecule has 0 saturated carbocycles. The van der Waals surface area contributed by atoms with E-state index < -0.39 is 21.7 Å². The Bertz CT molecular complexity index is 986. The molecule has 2 aromatic rings. The van der Waals surface area contributed by atoms with E-state index in [2.05, 4.69) is 5.32 Å². The van der Waals surface area contributed by atoms with Gasteiger partial charge in [-0.3, -0.25) is 4.79 Å². The lowest BCUT2D eigenvalue weighted by Gasteiger charge is -2.21. The SMILES string of the molecule is CCOc1ccc(NC(=O)/C=C/c2ccccc2F)cc1S(=O)(=O)N(CC)CC. The molecule has 0 radical (unpaired) electrons. The van der Waals surface area contributed by atoms with Gasteiger partial charge < -0.3 is 10.1 Å². The lowest BCUT2D eigenvalue weighted by Crippen LogP contribution is -2.31. The second kappa shape index (κ2) is 10.2. The highest BCUT2D eigenvalue weighted by Gasteiger charge is 2.26. The summed E-state index contributed by atoms with van der Waals surface area (Å²) in [5.41, 5.74) is 0.571. The number of hydrogen-bond acceptors (Lipinski definition) is 4. The maximum atomic E-state index is 13.6. The Kier molecular flexibility index (Phi) is 7.92. The minimum absolute atomic E-state index is 0.0149. The number of carbonyl (C=O) groups is 1. The van der Waals surface area contributed by atoms with Crippen LogP contribution in [-0.4, -0.2) is 38.3 Å². The fourth-order valence-electron chi connectivity index (χ4n) is 2.72. The number of carbonyl (C=O) groups excluding carboxylic acids is 1. The number of ether oxygens (including phenoxy) is 1. The summed E-state index contributed by atoms with van der Waals surface area (Å²) in [6.07, 6.45) is 2.54. The summed E-state index contributed by atoms with van der Waals surface area (Å²) in [5, 5.41) is 2.60. The maximum absolute atomic E-state index is 13.6. The molecule has 156 valence electrons. The summed E-state index contributed by atoms with van der Waals surface area (Å²) in [6, 6.07) is 10.5. The van der Waals surface area contributed by atoms with Crippen molar-refractivity contribution in [2.45, 2.75) is 25.7 Å². The van der Waals surface area contributed by atoms with Gasteiger partial charge in [-0.25, -0.2) is 12.8 Å². The Labute approximate surface area is 171 Å². The largest absolute Gasteiger partial charge is 0.492 e. The highest BCUT2D eigenvalue weighted by Crippen LogP contribution is 2.30. The number of anilines is 1. The van der Waals surface area contributed by atoms with E-state index in [1.165, 1.54) is 34.7 Å². The van der Waals surface area contributed by atoms with Gasteiger partial charge in [0.1, 0.15) is 16.5 Å². The van der Waals surface area contributed by atoms with Crippen LogP contribution < -0.4 is 10.1 Å². The van der Waals surface area contributed by atoms with Gasteiger partial charge in [0.2, 0.25) is 15.9 Å². The van der Waals surface area contributed by atoms with Gasteiger partial charge in [0.05, 0.1) is 6.61 Å². The summed E-state index contributed by atoms with van der Waals surface area (Å²) >= 11 is 0. The Morgan fingerprint density at radius 2 is 1.83 bits per heavy atom. The minimum Gasteiger partial charge on any atom is -0.492 e. The van der Waals surface area contributed by atoms with Crippen LogP contribution in [0.4, 0.5) is 10.1 Å². The third-order valence-corrected chi connectivity index (χ3v) is 6.22. The third-order valence-electron chi connectivity index (χ3n) is 4.15. The van der Waals surface area contributed by atoms with Crippen molar-refractivity contribution in [2.75, 3.05) is 25.0 Å². The molecule has 1 N–H and O–H groups in total. The van der Waals surface area contributed by atoms with Gasteiger partial charge in [-0.15, -0.1) is 0 Å². The molecule has 0 atom stereocenters. The Balaban J connectivity index is 2.30. The topological polar surface area (TPSA) is 75.7 Å². The van der Waals surface area contributed by atoms with Crippen molar-refractivity contribution in [3.8, 4) is 5.75 Å². The summed E-state index contributed by atoms with van der Waals surface area (Å²) in [7, 11) is -3.78. The zero-order valence-corrected chi connectivity index (χ0v) is 17.5. The number of halogens is 1. The zero-order chi connectivity index (χ0) is 21.4. The molecule has 0 aliphatic carbocycles. The van der Waals surface area contributed by atoms with Crippen LogP contribution in [0.2, 0.25) is 0 Å². The molecule has 0 aromatic heterocycles. The third kappa shape index (κ3) is 5.65. The second-order valence-electron chi connectivity index (χ2n) is 6.03. The number of benzene rings is 2. The summed E-state index contributed by atoms with van der Waals surface area (Å²) < 4.78 is 46.3. The predicted molar refractivity (Wildman–Crippen MR) is 112 cm³/mol. The second-order valence-corrected chi connectivity index (χ2v) is 7.93. The standard InChI is InChI=1S/C21H25FN2O4S/c1-4-24(5-2)29(26,27)20-15-17(12-13-19(20)28-6-3)23-21(25)14-11-16-9-7-8-10-18(16)22/h7-15H,4-6H2,1-3H3,(H,23,25)/b14-11+. The monoisotopic (exact) mass is 420 g/mol. The number of hydrogen-bond donors (Lipinski definition) is 1. The Hall–Kier alpha value is -2.71. The van der Waals surface area contributed by atoms with Gasteiger partial charge in [-0.05, 0) is 37.3 Å². The first-order chi connectivity index (χ1) is 13.8. The van der Waals surface area contributed by atoms with E-state index in [0.717, 1.165) is 0 Å². The van der Waals surface area contributed by atoms with Crippen molar-refractivity contribution >= 4 is 27.7 Å². The molecule has 0 fully saturated rings. The van der Waals surface area contributed by atoms with E-state index in [9.17, 15) is 17.6 Å². The van der Waals surface area contributed by atoms with Crippen LogP contribution in [0.25, 0.3) is 6.08 Å². The van der Waals surface area contributed by atoms with Crippen molar-refractivity contribution in [1.82, 2.24) is 4.31 Å². The zero-order valence-electron chi connectivity index (χ0n) is 16.7. The molecule has 0 unspecified atom stereocenters. The normalized spacial score (nSPS) is 11.8. The van der Waals surface area contributed by atoms with Gasteiger partial charge in [-0.2, -0.15) is 4.31 Å². The molecular formula is C21H25FN2O4S. The summed E-state index contributed by atoms with van der Waals surface area (Å²) in [6.45, 7) is 6.19. The Morgan fingerprint density at radius 1 is 1.14 bits per heavy atom. The molecule has 0 spiro atoms. The molecule has 0 saturated heterocycles. The van der Waals surface area contributed by atoms with Crippen molar-refractivity contribution in [1.29, 1.82) is 0 Å². The average Bonchev–Trinajstić information content (AvgIpc) is 2.69. The lowest BCUT2D eigenvalue weighted by molar-refractivity contribution is -0.111. The molecule has 0 heterocycles. The molecule has 8 heteroatoms. The quantitative estimate of drug-likeness (QED) is 0.624. The van der Waals surface area contributed by atoms with Crippen LogP contribution in [-0.2, 0) is 14.8 Å². The number of nitrogens with zero attached hydrogens (tertiary/aromatic N) is 1. The van der Waals surface area contributed by atoms with E-state index in [1.54, 1.807) is 45.0 Å². The number of amides is 1. The number of sulfonamides is 1. The molecule has 2 aromatic carbocycles.